The summed E-state index contributed by atoms with van der Waals surface area (Å²) >= 11 is 4.91. The van der Waals surface area contributed by atoms with E-state index in [-0.39, 0.29) is 17.8 Å². The maximum absolute atomic E-state index is 12.5. The van der Waals surface area contributed by atoms with Crippen LogP contribution in [0.15, 0.2) is 70.4 Å². The lowest BCUT2D eigenvalue weighted by atomic mass is 10.1. The van der Waals surface area contributed by atoms with Crippen molar-refractivity contribution in [2.45, 2.75) is 30.6 Å². The minimum absolute atomic E-state index is 0.0603. The fourth-order valence-corrected chi connectivity index (χ4v) is 4.53. The zero-order valence-electron chi connectivity index (χ0n) is 15.9. The third-order valence-corrected chi connectivity index (χ3v) is 6.46. The molecule has 2 aromatic carbocycles. The summed E-state index contributed by atoms with van der Waals surface area (Å²) in [4.78, 5) is 17.1. The minimum atomic E-state index is -0.0603. The van der Waals surface area contributed by atoms with Crippen molar-refractivity contribution in [2.24, 2.45) is 0 Å². The summed E-state index contributed by atoms with van der Waals surface area (Å²) in [6.45, 7) is 1.56. The molecule has 1 amide bonds. The van der Waals surface area contributed by atoms with E-state index in [9.17, 15) is 4.79 Å². The first-order chi connectivity index (χ1) is 14.2. The Morgan fingerprint density at radius 1 is 1.21 bits per heavy atom. The van der Waals surface area contributed by atoms with Gasteiger partial charge in [0.15, 0.2) is 5.16 Å². The molecule has 1 aliphatic rings. The van der Waals surface area contributed by atoms with Crippen LogP contribution in [0, 0.1) is 0 Å². The molecular formula is C22H22BrN3O2S. The number of nitrogens with one attached hydrogen (secondary N) is 1. The minimum Gasteiger partial charge on any atom is -0.376 e. The highest BCUT2D eigenvalue weighted by Crippen LogP contribution is 2.29. The highest BCUT2D eigenvalue weighted by Gasteiger charge is 2.21. The third kappa shape index (κ3) is 5.10. The Bertz CT molecular complexity index is 971. The van der Waals surface area contributed by atoms with Crippen molar-refractivity contribution >= 4 is 39.3 Å². The number of carbonyl (C=O) groups is 1. The molecule has 4 rings (SSSR count). The average Bonchev–Trinajstić information content (AvgIpc) is 3.39. The molecule has 150 valence electrons. The molecule has 1 N–H and O–H groups in total. The Morgan fingerprint density at radius 3 is 2.76 bits per heavy atom. The first-order valence-corrected chi connectivity index (χ1v) is 11.4. The molecular weight excluding hydrogens is 450 g/mol. The number of para-hydroxylation sites is 1. The van der Waals surface area contributed by atoms with Gasteiger partial charge in [0.25, 0.3) is 0 Å². The molecule has 5 nitrogen and oxygen atoms in total. The summed E-state index contributed by atoms with van der Waals surface area (Å²) in [5, 5.41) is 3.78. The van der Waals surface area contributed by atoms with E-state index in [1.165, 1.54) is 11.8 Å². The molecule has 1 fully saturated rings. The van der Waals surface area contributed by atoms with Gasteiger partial charge >= 0.3 is 0 Å². The third-order valence-electron chi connectivity index (χ3n) is 4.78. The van der Waals surface area contributed by atoms with Crippen molar-refractivity contribution < 1.29 is 9.53 Å². The molecule has 29 heavy (non-hydrogen) atoms. The van der Waals surface area contributed by atoms with Crippen LogP contribution in [0.25, 0.3) is 11.3 Å². The fraction of sp³-hybridized carbons (Fsp3) is 0.273. The van der Waals surface area contributed by atoms with E-state index in [0.717, 1.165) is 52.6 Å². The quantitative estimate of drug-likeness (QED) is 0.479. The van der Waals surface area contributed by atoms with Gasteiger partial charge in [-0.3, -0.25) is 4.79 Å². The molecule has 0 unspecified atom stereocenters. The van der Waals surface area contributed by atoms with Crippen LogP contribution in [0.5, 0.6) is 0 Å². The zero-order valence-corrected chi connectivity index (χ0v) is 18.3. The number of hydrogen-bond acceptors (Lipinski definition) is 4. The van der Waals surface area contributed by atoms with Crippen molar-refractivity contribution in [1.82, 2.24) is 9.55 Å². The predicted molar refractivity (Wildman–Crippen MR) is 120 cm³/mol. The molecule has 1 aliphatic heterocycles. The van der Waals surface area contributed by atoms with E-state index < -0.39 is 0 Å². The van der Waals surface area contributed by atoms with E-state index in [2.05, 4.69) is 42.9 Å². The topological polar surface area (TPSA) is 56.2 Å². The van der Waals surface area contributed by atoms with Gasteiger partial charge in [0.1, 0.15) is 0 Å². The number of halogens is 1. The summed E-state index contributed by atoms with van der Waals surface area (Å²) in [7, 11) is 0. The summed E-state index contributed by atoms with van der Waals surface area (Å²) in [6.07, 6.45) is 4.23. The number of hydrogen-bond donors (Lipinski definition) is 1. The molecule has 0 radical (unpaired) electrons. The Morgan fingerprint density at radius 2 is 2.00 bits per heavy atom. The van der Waals surface area contributed by atoms with E-state index >= 15 is 0 Å². The zero-order chi connectivity index (χ0) is 20.1. The molecule has 1 aromatic heterocycles. The number of amides is 1. The van der Waals surface area contributed by atoms with Crippen molar-refractivity contribution in [3.05, 3.63) is 65.3 Å². The molecule has 0 saturated carbocycles. The first kappa shape index (κ1) is 20.2. The molecule has 1 atom stereocenters. The number of anilines is 1. The second-order valence-corrected chi connectivity index (χ2v) is 8.65. The lowest BCUT2D eigenvalue weighted by Crippen LogP contribution is -2.18. The molecule has 3 aromatic rings. The molecule has 1 saturated heterocycles. The molecule has 2 heterocycles. The normalized spacial score (nSPS) is 16.1. The van der Waals surface area contributed by atoms with Crippen molar-refractivity contribution in [3.63, 3.8) is 0 Å². The van der Waals surface area contributed by atoms with E-state index in [1.807, 2.05) is 48.7 Å². The fourth-order valence-electron chi connectivity index (χ4n) is 3.36. The molecule has 0 bridgehead atoms. The predicted octanol–water partition coefficient (Wildman–Crippen LogP) is 5.22. The number of nitrogens with zero attached hydrogens (tertiary/aromatic N) is 2. The van der Waals surface area contributed by atoms with Gasteiger partial charge in [0.2, 0.25) is 5.91 Å². The SMILES string of the molecule is O=C(CSc1ncc(-c2ccccc2)n1C[C@@H]1CCCO1)Nc1ccccc1Br. The van der Waals surface area contributed by atoms with Crippen LogP contribution in [0.1, 0.15) is 12.8 Å². The van der Waals surface area contributed by atoms with Gasteiger partial charge in [-0.25, -0.2) is 4.98 Å². The number of aromatic nitrogens is 2. The van der Waals surface area contributed by atoms with Gasteiger partial charge in [-0.2, -0.15) is 0 Å². The molecule has 0 aliphatic carbocycles. The highest BCUT2D eigenvalue weighted by molar-refractivity contribution is 9.10. The molecule has 0 spiro atoms. The smallest absolute Gasteiger partial charge is 0.234 e. The maximum atomic E-state index is 12.5. The second kappa shape index (κ2) is 9.61. The van der Waals surface area contributed by atoms with E-state index in [4.69, 9.17) is 4.74 Å². The maximum Gasteiger partial charge on any atom is 0.234 e. The Labute approximate surface area is 183 Å². The van der Waals surface area contributed by atoms with Crippen LogP contribution < -0.4 is 5.32 Å². The van der Waals surface area contributed by atoms with Gasteiger partial charge in [0, 0.05) is 11.1 Å². The van der Waals surface area contributed by atoms with Crippen LogP contribution in [-0.4, -0.2) is 33.9 Å². The van der Waals surface area contributed by atoms with Crippen LogP contribution in [0.2, 0.25) is 0 Å². The van der Waals surface area contributed by atoms with E-state index in [1.54, 1.807) is 0 Å². The van der Waals surface area contributed by atoms with E-state index in [0.29, 0.717) is 0 Å². The summed E-state index contributed by atoms with van der Waals surface area (Å²) in [5.41, 5.74) is 2.93. The first-order valence-electron chi connectivity index (χ1n) is 9.60. The van der Waals surface area contributed by atoms with Crippen LogP contribution in [0.4, 0.5) is 5.69 Å². The lowest BCUT2D eigenvalue weighted by Gasteiger charge is -2.16. The van der Waals surface area contributed by atoms with Gasteiger partial charge < -0.3 is 14.6 Å². The van der Waals surface area contributed by atoms with Gasteiger partial charge in [0.05, 0.1) is 36.0 Å². The number of ether oxygens (including phenoxy) is 1. The monoisotopic (exact) mass is 471 g/mol. The van der Waals surface area contributed by atoms with Crippen molar-refractivity contribution in [3.8, 4) is 11.3 Å². The van der Waals surface area contributed by atoms with Crippen LogP contribution >= 0.6 is 27.7 Å². The van der Waals surface area contributed by atoms with Gasteiger partial charge in [-0.15, -0.1) is 0 Å². The summed E-state index contributed by atoms with van der Waals surface area (Å²) < 4.78 is 8.90. The highest BCUT2D eigenvalue weighted by atomic mass is 79.9. The van der Waals surface area contributed by atoms with Crippen LogP contribution in [-0.2, 0) is 16.1 Å². The number of thioether (sulfide) groups is 1. The Balaban J connectivity index is 1.49. The summed E-state index contributed by atoms with van der Waals surface area (Å²) in [6, 6.07) is 17.8. The van der Waals surface area contributed by atoms with Crippen molar-refractivity contribution in [2.75, 3.05) is 17.7 Å². The number of rotatable bonds is 7. The second-order valence-electron chi connectivity index (χ2n) is 6.85. The van der Waals surface area contributed by atoms with Gasteiger partial charge in [-0.1, -0.05) is 54.2 Å². The average molecular weight is 472 g/mol. The number of imidazole rings is 1. The Kier molecular flexibility index (Phi) is 6.69. The number of carbonyl (C=O) groups excluding carboxylic acids is 1. The lowest BCUT2D eigenvalue weighted by molar-refractivity contribution is -0.113. The van der Waals surface area contributed by atoms with Gasteiger partial charge in [-0.05, 0) is 46.5 Å². The molecule has 7 heteroatoms. The Hall–Kier alpha value is -2.09. The van der Waals surface area contributed by atoms with Crippen molar-refractivity contribution in [1.29, 1.82) is 0 Å². The number of benzene rings is 2. The standard InChI is InChI=1S/C22H22BrN3O2S/c23-18-10-4-5-11-19(18)25-21(27)15-29-22-24-13-20(16-7-2-1-3-8-16)26(22)14-17-9-6-12-28-17/h1-5,7-8,10-11,13,17H,6,9,12,14-15H2,(H,25,27)/t17-/m0/s1. The summed E-state index contributed by atoms with van der Waals surface area (Å²) in [5.74, 6) is 0.229. The van der Waals surface area contributed by atoms with Crippen LogP contribution in [0.3, 0.4) is 0 Å². The largest absolute Gasteiger partial charge is 0.376 e.